The molecule has 1 heterocycles. The van der Waals surface area contributed by atoms with Crippen molar-refractivity contribution < 1.29 is 18.2 Å². The number of carbonyl (C=O) groups excluding carboxylic acids is 1. The Balaban J connectivity index is 2.16. The van der Waals surface area contributed by atoms with Gasteiger partial charge in [-0.1, -0.05) is 25.1 Å². The number of anilines is 2. The van der Waals surface area contributed by atoms with Crippen molar-refractivity contribution >= 4 is 27.4 Å². The number of H-pyrrole nitrogens is 1. The predicted molar refractivity (Wildman–Crippen MR) is 106 cm³/mol. The van der Waals surface area contributed by atoms with Crippen molar-refractivity contribution in [3.63, 3.8) is 0 Å². The number of carbonyl (C=O) groups is 1. The second-order valence-electron chi connectivity index (χ2n) is 6.12. The van der Waals surface area contributed by atoms with Gasteiger partial charge in [-0.2, -0.15) is 0 Å². The fourth-order valence-electron chi connectivity index (χ4n) is 2.63. The molecule has 0 fully saturated rings. The summed E-state index contributed by atoms with van der Waals surface area (Å²) in [5.41, 5.74) is 0.619. The number of benzene rings is 1. The van der Waals surface area contributed by atoms with Crippen molar-refractivity contribution in [2.24, 2.45) is 0 Å². The molecular formula is C19H27N4O3S+. The van der Waals surface area contributed by atoms with E-state index in [2.05, 4.69) is 10.3 Å². The molecular weight excluding hydrogens is 364 g/mol. The summed E-state index contributed by atoms with van der Waals surface area (Å²) >= 11 is 0. The molecule has 2 N–H and O–H groups in total. The molecule has 146 valence electrons. The predicted octanol–water partition coefficient (Wildman–Crippen LogP) is 1.68. The van der Waals surface area contributed by atoms with Crippen LogP contribution in [0.5, 0.6) is 0 Å². The summed E-state index contributed by atoms with van der Waals surface area (Å²) in [6, 6.07) is 12.2. The Morgan fingerprint density at radius 1 is 1.11 bits per heavy atom. The maximum atomic E-state index is 13.0. The van der Waals surface area contributed by atoms with Gasteiger partial charge in [0.15, 0.2) is 6.54 Å². The third-order valence-electron chi connectivity index (χ3n) is 4.05. The third kappa shape index (κ3) is 5.19. The van der Waals surface area contributed by atoms with Crippen molar-refractivity contribution in [1.29, 1.82) is 0 Å². The van der Waals surface area contributed by atoms with E-state index in [1.54, 1.807) is 55.3 Å². The highest BCUT2D eigenvalue weighted by Crippen LogP contribution is 2.22. The second-order valence-corrected chi connectivity index (χ2v) is 7.98. The molecule has 1 aromatic heterocycles. The smallest absolute Gasteiger partial charge is 0.274 e. The zero-order chi connectivity index (χ0) is 19.9. The lowest BCUT2D eigenvalue weighted by molar-refractivity contribution is -0.366. The Hall–Kier alpha value is -2.61. The zero-order valence-electron chi connectivity index (χ0n) is 16.0. The Bertz CT molecular complexity index is 839. The first-order chi connectivity index (χ1) is 12.9. The summed E-state index contributed by atoms with van der Waals surface area (Å²) in [5.74, 6) is 0.578. The number of likely N-dealkylation sites (N-methyl/N-ethyl adjacent to an activating group) is 1. The Morgan fingerprint density at radius 3 is 2.37 bits per heavy atom. The molecule has 0 atom stereocenters. The van der Waals surface area contributed by atoms with Gasteiger partial charge in [0.2, 0.25) is 0 Å². The highest BCUT2D eigenvalue weighted by atomic mass is 32.2. The SMILES string of the molecule is CCCNC(=O)CN(C)c1ccc(S(=O)(=O)N(CC)c2ccccc2)c[nH+]1. The molecule has 0 aliphatic carbocycles. The largest absolute Gasteiger partial charge is 0.353 e. The van der Waals surface area contributed by atoms with Crippen molar-refractivity contribution in [2.45, 2.75) is 25.2 Å². The number of para-hydroxylation sites is 1. The van der Waals surface area contributed by atoms with Gasteiger partial charge in [0.05, 0.1) is 12.7 Å². The summed E-state index contributed by atoms with van der Waals surface area (Å²) in [5, 5.41) is 2.81. The van der Waals surface area contributed by atoms with Crippen LogP contribution in [0.3, 0.4) is 0 Å². The van der Waals surface area contributed by atoms with E-state index in [1.807, 2.05) is 13.0 Å². The highest BCUT2D eigenvalue weighted by molar-refractivity contribution is 7.92. The topological polar surface area (TPSA) is 83.9 Å². The average molecular weight is 392 g/mol. The number of pyridine rings is 1. The number of hydrogen-bond donors (Lipinski definition) is 1. The molecule has 0 radical (unpaired) electrons. The van der Waals surface area contributed by atoms with E-state index in [1.165, 1.54) is 10.5 Å². The van der Waals surface area contributed by atoms with E-state index in [0.29, 0.717) is 24.6 Å². The van der Waals surface area contributed by atoms with Crippen LogP contribution >= 0.6 is 0 Å². The number of rotatable bonds is 9. The molecule has 27 heavy (non-hydrogen) atoms. The lowest BCUT2D eigenvalue weighted by Gasteiger charge is -2.22. The average Bonchev–Trinajstić information content (AvgIpc) is 2.67. The van der Waals surface area contributed by atoms with Gasteiger partial charge in [0.1, 0.15) is 11.1 Å². The van der Waals surface area contributed by atoms with Crippen LogP contribution in [0.1, 0.15) is 20.3 Å². The van der Waals surface area contributed by atoms with Crippen LogP contribution in [0.2, 0.25) is 0 Å². The van der Waals surface area contributed by atoms with Gasteiger partial charge >= 0.3 is 0 Å². The number of amides is 1. The van der Waals surface area contributed by atoms with Crippen molar-refractivity contribution in [1.82, 2.24) is 5.32 Å². The number of hydrogen-bond acceptors (Lipinski definition) is 4. The van der Waals surface area contributed by atoms with Crippen LogP contribution in [0, 0.1) is 0 Å². The summed E-state index contributed by atoms with van der Waals surface area (Å²) < 4.78 is 27.3. The molecule has 1 aromatic carbocycles. The van der Waals surface area contributed by atoms with Crippen LogP contribution in [0.15, 0.2) is 53.6 Å². The third-order valence-corrected chi connectivity index (χ3v) is 5.95. The summed E-state index contributed by atoms with van der Waals surface area (Å²) in [6.45, 7) is 4.94. The quantitative estimate of drug-likeness (QED) is 0.705. The number of sulfonamides is 1. The molecule has 1 amide bonds. The van der Waals surface area contributed by atoms with Crippen molar-refractivity contribution in [3.8, 4) is 0 Å². The molecule has 2 rings (SSSR count). The lowest BCUT2D eigenvalue weighted by Crippen LogP contribution is -2.38. The maximum absolute atomic E-state index is 13.0. The van der Waals surface area contributed by atoms with Gasteiger partial charge in [-0.3, -0.25) is 14.0 Å². The number of aromatic amines is 1. The normalized spacial score (nSPS) is 11.1. The summed E-state index contributed by atoms with van der Waals surface area (Å²) in [6.07, 6.45) is 2.33. The van der Waals surface area contributed by atoms with Crippen molar-refractivity contribution in [2.75, 3.05) is 35.9 Å². The van der Waals surface area contributed by atoms with Gasteiger partial charge in [-0.05, 0) is 31.5 Å². The maximum Gasteiger partial charge on any atom is 0.274 e. The van der Waals surface area contributed by atoms with Crippen LogP contribution in [0.25, 0.3) is 0 Å². The van der Waals surface area contributed by atoms with E-state index < -0.39 is 10.0 Å². The lowest BCUT2D eigenvalue weighted by atomic mass is 10.3. The van der Waals surface area contributed by atoms with E-state index in [4.69, 9.17) is 0 Å². The van der Waals surface area contributed by atoms with E-state index in [-0.39, 0.29) is 17.3 Å². The Kier molecular flexibility index (Phi) is 7.18. The van der Waals surface area contributed by atoms with Crippen LogP contribution < -0.4 is 19.5 Å². The van der Waals surface area contributed by atoms with Gasteiger partial charge < -0.3 is 5.32 Å². The number of nitrogens with zero attached hydrogens (tertiary/aromatic N) is 2. The van der Waals surface area contributed by atoms with Crippen LogP contribution in [-0.4, -0.2) is 41.0 Å². The molecule has 0 saturated carbocycles. The molecule has 2 aromatic rings. The molecule has 0 unspecified atom stereocenters. The van der Waals surface area contributed by atoms with Crippen molar-refractivity contribution in [3.05, 3.63) is 48.7 Å². The van der Waals surface area contributed by atoms with Gasteiger partial charge in [-0.25, -0.2) is 13.4 Å². The summed E-state index contributed by atoms with van der Waals surface area (Å²) in [4.78, 5) is 16.7. The molecule has 0 bridgehead atoms. The van der Waals surface area contributed by atoms with Gasteiger partial charge in [0, 0.05) is 19.2 Å². The highest BCUT2D eigenvalue weighted by Gasteiger charge is 2.25. The van der Waals surface area contributed by atoms with E-state index in [0.717, 1.165) is 6.42 Å². The van der Waals surface area contributed by atoms with Crippen LogP contribution in [-0.2, 0) is 14.8 Å². The molecule has 0 aliphatic heterocycles. The van der Waals surface area contributed by atoms with E-state index in [9.17, 15) is 13.2 Å². The number of aromatic nitrogens is 1. The minimum atomic E-state index is -3.68. The molecule has 8 heteroatoms. The summed E-state index contributed by atoms with van der Waals surface area (Å²) in [7, 11) is -1.91. The first-order valence-corrected chi connectivity index (χ1v) is 10.4. The van der Waals surface area contributed by atoms with Gasteiger partial charge in [0.25, 0.3) is 21.7 Å². The standard InChI is InChI=1S/C19H26N4O3S/c1-4-13-20-19(24)15-22(3)18-12-11-17(14-21-18)27(25,26)23(5-2)16-9-7-6-8-10-16/h6-12,14H,4-5,13,15H2,1-3H3,(H,20,24)/p+1. The fraction of sp³-hybridized carbons (Fsp3) is 0.368. The minimum absolute atomic E-state index is 0.0781. The first kappa shape index (κ1) is 20.7. The Labute approximate surface area is 161 Å². The zero-order valence-corrected chi connectivity index (χ0v) is 16.8. The van der Waals surface area contributed by atoms with E-state index >= 15 is 0 Å². The molecule has 7 nitrogen and oxygen atoms in total. The number of nitrogens with one attached hydrogen (secondary N) is 2. The fourth-order valence-corrected chi connectivity index (χ4v) is 4.08. The minimum Gasteiger partial charge on any atom is -0.353 e. The first-order valence-electron chi connectivity index (χ1n) is 8.97. The Morgan fingerprint density at radius 2 is 1.81 bits per heavy atom. The van der Waals surface area contributed by atoms with Gasteiger partial charge in [-0.15, -0.1) is 0 Å². The monoisotopic (exact) mass is 391 g/mol. The second kappa shape index (κ2) is 9.36. The molecule has 0 spiro atoms. The molecule has 0 aliphatic rings. The van der Waals surface area contributed by atoms with Crippen LogP contribution in [0.4, 0.5) is 11.5 Å². The molecule has 0 saturated heterocycles.